The molecule has 2 aliphatic heterocycles. The second kappa shape index (κ2) is 4.53. The van der Waals surface area contributed by atoms with Gasteiger partial charge in [-0.1, -0.05) is 60.1 Å². The van der Waals surface area contributed by atoms with Crippen molar-refractivity contribution in [1.82, 2.24) is 0 Å². The second-order valence-electron chi connectivity index (χ2n) is 6.10. The van der Waals surface area contributed by atoms with Gasteiger partial charge in [-0.15, -0.1) is 0 Å². The minimum atomic E-state index is -0.342. The lowest BCUT2D eigenvalue weighted by Crippen LogP contribution is -2.44. The Balaban J connectivity index is 1.79. The zero-order valence-electron chi connectivity index (χ0n) is 12.5. The van der Waals surface area contributed by atoms with Gasteiger partial charge in [0, 0.05) is 22.7 Å². The summed E-state index contributed by atoms with van der Waals surface area (Å²) in [5, 5.41) is 4.55. The molecule has 1 N–H and O–H groups in total. The molecule has 0 bridgehead atoms. The van der Waals surface area contributed by atoms with E-state index in [9.17, 15) is 0 Å². The Bertz CT molecular complexity index is 904. The lowest BCUT2D eigenvalue weighted by molar-refractivity contribution is 0.605. The van der Waals surface area contributed by atoms with Crippen molar-refractivity contribution < 1.29 is 0 Å². The molecule has 5 rings (SSSR count). The van der Waals surface area contributed by atoms with Crippen molar-refractivity contribution in [1.29, 1.82) is 0 Å². The molecule has 0 saturated heterocycles. The number of nitrogens with zero attached hydrogens (tertiary/aromatic N) is 1. The normalized spacial score (nSPS) is 20.7. The predicted molar refractivity (Wildman–Crippen MR) is 94.9 cm³/mol. The maximum Gasteiger partial charge on any atom is 0.164 e. The van der Waals surface area contributed by atoms with Gasteiger partial charge in [0.05, 0.1) is 11.4 Å². The molecule has 0 fully saturated rings. The Hall–Kier alpha value is -2.45. The number of rotatable bonds is 1. The van der Waals surface area contributed by atoms with Gasteiger partial charge in [0.15, 0.2) is 5.66 Å². The van der Waals surface area contributed by atoms with Crippen LogP contribution in [0.1, 0.15) is 16.7 Å². The number of para-hydroxylation sites is 2. The smallest absolute Gasteiger partial charge is 0.164 e. The van der Waals surface area contributed by atoms with Crippen LogP contribution < -0.4 is 10.2 Å². The highest BCUT2D eigenvalue weighted by Gasteiger charge is 2.51. The minimum absolute atomic E-state index is 0.342. The summed E-state index contributed by atoms with van der Waals surface area (Å²) in [4.78, 5) is 2.45. The van der Waals surface area contributed by atoms with Crippen molar-refractivity contribution in [2.45, 2.75) is 12.2 Å². The largest absolute Gasteiger partial charge is 0.353 e. The predicted octanol–water partition coefficient (Wildman–Crippen LogP) is 4.99. The first kappa shape index (κ1) is 13.0. The fourth-order valence-corrected chi connectivity index (χ4v) is 4.06. The third kappa shape index (κ3) is 1.64. The minimum Gasteiger partial charge on any atom is -0.353 e. The molecule has 3 aromatic rings. The summed E-state index contributed by atoms with van der Waals surface area (Å²) in [6, 6.07) is 25.4. The molecule has 3 heteroatoms. The summed E-state index contributed by atoms with van der Waals surface area (Å²) in [6.45, 7) is 0.906. The molecule has 1 atom stereocenters. The zero-order valence-corrected chi connectivity index (χ0v) is 13.2. The molecule has 0 amide bonds. The first-order chi connectivity index (χ1) is 11.3. The Morgan fingerprint density at radius 3 is 2.48 bits per heavy atom. The first-order valence-corrected chi connectivity index (χ1v) is 8.16. The highest BCUT2D eigenvalue weighted by atomic mass is 35.5. The summed E-state index contributed by atoms with van der Waals surface area (Å²) in [5.74, 6) is 0. The Morgan fingerprint density at radius 2 is 1.61 bits per heavy atom. The highest BCUT2D eigenvalue weighted by Crippen LogP contribution is 2.53. The summed E-state index contributed by atoms with van der Waals surface area (Å²) >= 11 is 6.11. The molecular weight excluding hydrogens is 304 g/mol. The van der Waals surface area contributed by atoms with Gasteiger partial charge in [0.25, 0.3) is 0 Å². The monoisotopic (exact) mass is 318 g/mol. The average Bonchev–Trinajstić information content (AvgIpc) is 3.08. The van der Waals surface area contributed by atoms with E-state index in [0.29, 0.717) is 0 Å². The van der Waals surface area contributed by atoms with Gasteiger partial charge < -0.3 is 10.2 Å². The fourth-order valence-electron chi connectivity index (χ4n) is 3.93. The molecule has 0 aromatic heterocycles. The molecular formula is C20H15ClN2. The molecule has 3 aromatic carbocycles. The summed E-state index contributed by atoms with van der Waals surface area (Å²) < 4.78 is 0. The van der Waals surface area contributed by atoms with Gasteiger partial charge in [0.1, 0.15) is 0 Å². The molecule has 2 nitrogen and oxygen atoms in total. The van der Waals surface area contributed by atoms with Crippen molar-refractivity contribution in [3.8, 4) is 0 Å². The number of anilines is 2. The molecule has 23 heavy (non-hydrogen) atoms. The second-order valence-corrected chi connectivity index (χ2v) is 6.54. The number of halogens is 1. The standard InChI is InChI=1S/C20H15ClN2/c21-16-11-9-15(10-12-16)20-17-6-2-1-5-14(17)13-23(20)19-8-4-3-7-18(19)22-20/h1-12,22H,13H2/t20-/m0/s1. The fraction of sp³-hybridized carbons (Fsp3) is 0.100. The van der Waals surface area contributed by atoms with Gasteiger partial charge >= 0.3 is 0 Å². The van der Waals surface area contributed by atoms with Crippen LogP contribution in [0.5, 0.6) is 0 Å². The lowest BCUT2D eigenvalue weighted by atomic mass is 9.91. The maximum atomic E-state index is 6.11. The van der Waals surface area contributed by atoms with E-state index in [-0.39, 0.29) is 5.66 Å². The molecule has 0 radical (unpaired) electrons. The van der Waals surface area contributed by atoms with E-state index in [1.165, 1.54) is 28.1 Å². The van der Waals surface area contributed by atoms with Crippen LogP contribution in [-0.4, -0.2) is 0 Å². The quantitative estimate of drug-likeness (QED) is 0.680. The summed E-state index contributed by atoms with van der Waals surface area (Å²) in [5.41, 5.74) is 5.98. The van der Waals surface area contributed by atoms with Crippen LogP contribution in [0.15, 0.2) is 72.8 Å². The van der Waals surface area contributed by atoms with E-state index < -0.39 is 0 Å². The topological polar surface area (TPSA) is 15.3 Å². The molecule has 0 unspecified atom stereocenters. The van der Waals surface area contributed by atoms with Crippen molar-refractivity contribution in [3.05, 3.63) is 94.5 Å². The van der Waals surface area contributed by atoms with Gasteiger partial charge in [-0.25, -0.2) is 0 Å². The van der Waals surface area contributed by atoms with Crippen LogP contribution >= 0.6 is 11.6 Å². The number of hydrogen-bond acceptors (Lipinski definition) is 2. The number of benzene rings is 3. The molecule has 2 aliphatic rings. The van der Waals surface area contributed by atoms with Gasteiger partial charge in [-0.05, 0) is 29.8 Å². The maximum absolute atomic E-state index is 6.11. The average molecular weight is 319 g/mol. The van der Waals surface area contributed by atoms with E-state index in [1.54, 1.807) is 0 Å². The van der Waals surface area contributed by atoms with Gasteiger partial charge in [-0.2, -0.15) is 0 Å². The summed E-state index contributed by atoms with van der Waals surface area (Å²) in [6.07, 6.45) is 0. The molecule has 0 saturated carbocycles. The number of nitrogens with one attached hydrogen (secondary N) is 1. The van der Waals surface area contributed by atoms with Crippen LogP contribution in [-0.2, 0) is 12.2 Å². The van der Waals surface area contributed by atoms with Crippen molar-refractivity contribution in [3.63, 3.8) is 0 Å². The SMILES string of the molecule is Clc1ccc([C@]23Nc4ccccc4N2Cc2ccccc23)cc1. The van der Waals surface area contributed by atoms with E-state index in [4.69, 9.17) is 11.6 Å². The lowest BCUT2D eigenvalue weighted by Gasteiger charge is -2.35. The Labute approximate surface area is 140 Å². The first-order valence-electron chi connectivity index (χ1n) is 7.78. The van der Waals surface area contributed by atoms with Crippen LogP contribution in [0.4, 0.5) is 11.4 Å². The van der Waals surface area contributed by atoms with Crippen molar-refractivity contribution in [2.75, 3.05) is 10.2 Å². The Kier molecular flexibility index (Phi) is 2.56. The Morgan fingerprint density at radius 1 is 0.870 bits per heavy atom. The van der Waals surface area contributed by atoms with Crippen LogP contribution in [0.2, 0.25) is 5.02 Å². The van der Waals surface area contributed by atoms with E-state index in [0.717, 1.165) is 11.6 Å². The van der Waals surface area contributed by atoms with E-state index >= 15 is 0 Å². The van der Waals surface area contributed by atoms with Crippen LogP contribution in [0.25, 0.3) is 0 Å². The zero-order chi connectivity index (χ0) is 15.4. The summed E-state index contributed by atoms with van der Waals surface area (Å²) in [7, 11) is 0. The van der Waals surface area contributed by atoms with Crippen molar-refractivity contribution in [2.24, 2.45) is 0 Å². The molecule has 0 spiro atoms. The third-order valence-corrected chi connectivity index (χ3v) is 5.16. The highest BCUT2D eigenvalue weighted by molar-refractivity contribution is 6.30. The van der Waals surface area contributed by atoms with Gasteiger partial charge in [-0.3, -0.25) is 0 Å². The van der Waals surface area contributed by atoms with E-state index in [1.807, 2.05) is 12.1 Å². The number of fused-ring (bicyclic) bond motifs is 5. The molecule has 2 heterocycles. The third-order valence-electron chi connectivity index (χ3n) is 4.91. The number of hydrogen-bond donors (Lipinski definition) is 1. The van der Waals surface area contributed by atoms with Crippen LogP contribution in [0, 0.1) is 0 Å². The van der Waals surface area contributed by atoms with E-state index in [2.05, 4.69) is 70.9 Å². The van der Waals surface area contributed by atoms with Crippen LogP contribution in [0.3, 0.4) is 0 Å². The molecule has 0 aliphatic carbocycles. The van der Waals surface area contributed by atoms with Gasteiger partial charge in [0.2, 0.25) is 0 Å². The molecule has 112 valence electrons. The van der Waals surface area contributed by atoms with Crippen molar-refractivity contribution >= 4 is 23.0 Å².